The number of hydrogen-bond acceptors (Lipinski definition) is 5. The third-order valence-electron chi connectivity index (χ3n) is 2.48. The van der Waals surface area contributed by atoms with Gasteiger partial charge in [-0.1, -0.05) is 6.92 Å². The van der Waals surface area contributed by atoms with Crippen molar-refractivity contribution < 1.29 is 8.42 Å². The summed E-state index contributed by atoms with van der Waals surface area (Å²) in [6.45, 7) is 7.30. The Morgan fingerprint density at radius 3 is 2.78 bits per heavy atom. The number of aromatic nitrogens is 1. The molecule has 0 fully saturated rings. The molecule has 0 amide bonds. The van der Waals surface area contributed by atoms with Crippen LogP contribution in [0.4, 0.5) is 0 Å². The first-order valence-electron chi connectivity index (χ1n) is 6.06. The van der Waals surface area contributed by atoms with Crippen LogP contribution in [0.2, 0.25) is 0 Å². The minimum Gasteiger partial charge on any atom is -0.315 e. The largest absolute Gasteiger partial charge is 0.315 e. The standard InChI is InChI=1S/C11H21N3O2S2/c1-4-5-12-7-10(3)18(15,16)14-8-11-13-6-9(2)17-11/h6,10,12,14H,4-5,7-8H2,1-3H3. The first-order valence-corrected chi connectivity index (χ1v) is 8.42. The molecule has 7 heteroatoms. The highest BCUT2D eigenvalue weighted by atomic mass is 32.2. The minimum atomic E-state index is -3.28. The zero-order chi connectivity index (χ0) is 13.6. The maximum Gasteiger partial charge on any atom is 0.215 e. The molecule has 104 valence electrons. The second kappa shape index (κ2) is 7.18. The second-order valence-electron chi connectivity index (χ2n) is 4.25. The van der Waals surface area contributed by atoms with Crippen molar-refractivity contribution in [2.75, 3.05) is 13.1 Å². The Labute approximate surface area is 113 Å². The lowest BCUT2D eigenvalue weighted by molar-refractivity contribution is 0.556. The Bertz CT molecular complexity index is 457. The molecule has 0 aliphatic heterocycles. The van der Waals surface area contributed by atoms with E-state index in [0.29, 0.717) is 6.54 Å². The molecule has 0 bridgehead atoms. The monoisotopic (exact) mass is 291 g/mol. The lowest BCUT2D eigenvalue weighted by Crippen LogP contribution is -2.38. The Kier molecular flexibility index (Phi) is 6.20. The summed E-state index contributed by atoms with van der Waals surface area (Å²) >= 11 is 1.51. The van der Waals surface area contributed by atoms with Crippen molar-refractivity contribution in [2.45, 2.75) is 39.0 Å². The van der Waals surface area contributed by atoms with Crippen LogP contribution in [0.1, 0.15) is 30.2 Å². The van der Waals surface area contributed by atoms with E-state index in [1.807, 2.05) is 6.92 Å². The van der Waals surface area contributed by atoms with Gasteiger partial charge in [0.25, 0.3) is 0 Å². The molecule has 0 saturated carbocycles. The molecular formula is C11H21N3O2S2. The average Bonchev–Trinajstić information content (AvgIpc) is 2.73. The van der Waals surface area contributed by atoms with E-state index in [1.165, 1.54) is 11.3 Å². The number of thiazole rings is 1. The molecule has 0 aliphatic carbocycles. The third kappa shape index (κ3) is 5.01. The van der Waals surface area contributed by atoms with Gasteiger partial charge in [-0.2, -0.15) is 0 Å². The van der Waals surface area contributed by atoms with Gasteiger partial charge in [0.1, 0.15) is 5.01 Å². The summed E-state index contributed by atoms with van der Waals surface area (Å²) in [6.07, 6.45) is 2.75. The molecule has 1 atom stereocenters. The predicted octanol–water partition coefficient (Wildman–Crippen LogP) is 1.26. The van der Waals surface area contributed by atoms with Crippen LogP contribution in [0.5, 0.6) is 0 Å². The molecule has 0 saturated heterocycles. The van der Waals surface area contributed by atoms with Crippen LogP contribution < -0.4 is 10.0 Å². The molecule has 5 nitrogen and oxygen atoms in total. The molecule has 0 aromatic carbocycles. The predicted molar refractivity (Wildman–Crippen MR) is 75.2 cm³/mol. The topological polar surface area (TPSA) is 71.1 Å². The highest BCUT2D eigenvalue weighted by Gasteiger charge is 2.20. The lowest BCUT2D eigenvalue weighted by atomic mass is 10.4. The first kappa shape index (κ1) is 15.6. The number of nitrogens with one attached hydrogen (secondary N) is 2. The first-order chi connectivity index (χ1) is 8.45. The molecule has 18 heavy (non-hydrogen) atoms. The highest BCUT2D eigenvalue weighted by Crippen LogP contribution is 2.11. The van der Waals surface area contributed by atoms with Gasteiger partial charge in [-0.05, 0) is 26.8 Å². The van der Waals surface area contributed by atoms with Crippen LogP contribution in [0.3, 0.4) is 0 Å². The van der Waals surface area contributed by atoms with Gasteiger partial charge >= 0.3 is 0 Å². The van der Waals surface area contributed by atoms with Gasteiger partial charge in [0, 0.05) is 17.6 Å². The molecule has 2 N–H and O–H groups in total. The zero-order valence-electron chi connectivity index (χ0n) is 11.1. The Balaban J connectivity index is 2.43. The summed E-state index contributed by atoms with van der Waals surface area (Å²) in [7, 11) is -3.28. The molecule has 1 heterocycles. The number of hydrogen-bond donors (Lipinski definition) is 2. The molecule has 1 aromatic rings. The van der Waals surface area contributed by atoms with Gasteiger partial charge in [0.05, 0.1) is 11.8 Å². The van der Waals surface area contributed by atoms with Crippen LogP contribution >= 0.6 is 11.3 Å². The van der Waals surface area contributed by atoms with Crippen molar-refractivity contribution in [2.24, 2.45) is 0 Å². The van der Waals surface area contributed by atoms with Crippen LogP contribution in [0, 0.1) is 6.92 Å². The third-order valence-corrected chi connectivity index (χ3v) is 5.17. The Morgan fingerprint density at radius 2 is 2.22 bits per heavy atom. The van der Waals surface area contributed by atoms with Gasteiger partial charge in [-0.25, -0.2) is 18.1 Å². The van der Waals surface area contributed by atoms with E-state index in [4.69, 9.17) is 0 Å². The molecule has 1 rings (SSSR count). The molecule has 0 radical (unpaired) electrons. The summed E-state index contributed by atoms with van der Waals surface area (Å²) in [4.78, 5) is 5.21. The zero-order valence-corrected chi connectivity index (χ0v) is 12.7. The lowest BCUT2D eigenvalue weighted by Gasteiger charge is -2.13. The number of aryl methyl sites for hydroxylation is 1. The van der Waals surface area contributed by atoms with E-state index < -0.39 is 15.3 Å². The molecule has 0 aliphatic rings. The van der Waals surface area contributed by atoms with Crippen molar-refractivity contribution in [3.8, 4) is 0 Å². The van der Waals surface area contributed by atoms with E-state index in [0.717, 1.165) is 22.9 Å². The van der Waals surface area contributed by atoms with Crippen molar-refractivity contribution in [3.05, 3.63) is 16.1 Å². The van der Waals surface area contributed by atoms with Crippen LogP contribution in [0.25, 0.3) is 0 Å². The summed E-state index contributed by atoms with van der Waals surface area (Å²) < 4.78 is 26.5. The molecular weight excluding hydrogens is 270 g/mol. The fourth-order valence-electron chi connectivity index (χ4n) is 1.38. The van der Waals surface area contributed by atoms with Crippen molar-refractivity contribution in [3.63, 3.8) is 0 Å². The SMILES string of the molecule is CCCNCC(C)S(=O)(=O)NCc1ncc(C)s1. The van der Waals surface area contributed by atoms with Crippen molar-refractivity contribution >= 4 is 21.4 Å². The van der Waals surface area contributed by atoms with E-state index in [1.54, 1.807) is 13.1 Å². The summed E-state index contributed by atoms with van der Waals surface area (Å²) in [5.41, 5.74) is 0. The van der Waals surface area contributed by atoms with Gasteiger partial charge in [0.2, 0.25) is 10.0 Å². The fourth-order valence-corrected chi connectivity index (χ4v) is 3.16. The van der Waals surface area contributed by atoms with Crippen molar-refractivity contribution in [1.82, 2.24) is 15.0 Å². The van der Waals surface area contributed by atoms with E-state index in [-0.39, 0.29) is 6.54 Å². The number of rotatable bonds is 8. The molecule has 1 aromatic heterocycles. The summed E-state index contributed by atoms with van der Waals surface area (Å²) in [6, 6.07) is 0. The maximum absolute atomic E-state index is 11.9. The van der Waals surface area contributed by atoms with E-state index >= 15 is 0 Å². The van der Waals surface area contributed by atoms with Crippen molar-refractivity contribution in [1.29, 1.82) is 0 Å². The number of sulfonamides is 1. The fraction of sp³-hybridized carbons (Fsp3) is 0.727. The van der Waals surface area contributed by atoms with E-state index in [9.17, 15) is 8.42 Å². The second-order valence-corrected chi connectivity index (χ2v) is 7.75. The number of nitrogens with zero attached hydrogens (tertiary/aromatic N) is 1. The minimum absolute atomic E-state index is 0.277. The quantitative estimate of drug-likeness (QED) is 0.707. The smallest absolute Gasteiger partial charge is 0.215 e. The Morgan fingerprint density at radius 1 is 1.50 bits per heavy atom. The molecule has 0 spiro atoms. The maximum atomic E-state index is 11.9. The average molecular weight is 291 g/mol. The summed E-state index contributed by atoms with van der Waals surface area (Å²) in [5, 5.41) is 3.47. The van der Waals surface area contributed by atoms with Gasteiger partial charge < -0.3 is 5.32 Å². The molecule has 1 unspecified atom stereocenters. The van der Waals surface area contributed by atoms with Gasteiger partial charge in [0.15, 0.2) is 0 Å². The summed E-state index contributed by atoms with van der Waals surface area (Å²) in [5.74, 6) is 0. The van der Waals surface area contributed by atoms with Gasteiger partial charge in [-0.15, -0.1) is 11.3 Å². The van der Waals surface area contributed by atoms with Gasteiger partial charge in [-0.3, -0.25) is 0 Å². The van der Waals surface area contributed by atoms with Crippen LogP contribution in [-0.2, 0) is 16.6 Å². The van der Waals surface area contributed by atoms with Crippen LogP contribution in [-0.4, -0.2) is 31.7 Å². The normalized spacial score (nSPS) is 13.7. The highest BCUT2D eigenvalue weighted by molar-refractivity contribution is 7.90. The Hall–Kier alpha value is -0.500. The van der Waals surface area contributed by atoms with Crippen LogP contribution in [0.15, 0.2) is 6.20 Å². The van der Waals surface area contributed by atoms with E-state index in [2.05, 4.69) is 21.9 Å².